The number of hydrogen-bond donors (Lipinski definition) is 2. The normalized spacial score (nSPS) is 12.1. The maximum Gasteiger partial charge on any atom is 0.151 e. The fraction of sp³-hybridized carbons (Fsp3) is 0.500. The Hall–Kier alpha value is -1.65. The van der Waals surface area contributed by atoms with Gasteiger partial charge in [0.1, 0.15) is 0 Å². The predicted molar refractivity (Wildman–Crippen MR) is 61.0 cm³/mol. The summed E-state index contributed by atoms with van der Waals surface area (Å²) in [7, 11) is 0. The summed E-state index contributed by atoms with van der Waals surface area (Å²) in [5.41, 5.74) is 5.44. The van der Waals surface area contributed by atoms with E-state index in [9.17, 15) is 0 Å². The van der Waals surface area contributed by atoms with E-state index < -0.39 is 0 Å². The second-order valence-electron chi connectivity index (χ2n) is 3.48. The quantitative estimate of drug-likeness (QED) is 0.555. The molecule has 1 aromatic heterocycles. The SMILES string of the molecule is CCN(CC(C)C(=N)N)c1cccnn1. The van der Waals surface area contributed by atoms with Gasteiger partial charge in [0.05, 0.1) is 5.84 Å². The average Bonchev–Trinajstić information content (AvgIpc) is 2.26. The molecule has 0 aliphatic carbocycles. The Balaban J connectivity index is 2.69. The first kappa shape index (κ1) is 11.4. The van der Waals surface area contributed by atoms with E-state index in [0.717, 1.165) is 12.4 Å². The van der Waals surface area contributed by atoms with Crippen LogP contribution in [0.5, 0.6) is 0 Å². The van der Waals surface area contributed by atoms with Crippen molar-refractivity contribution in [3.05, 3.63) is 18.3 Å². The largest absolute Gasteiger partial charge is 0.387 e. The lowest BCUT2D eigenvalue weighted by Crippen LogP contribution is -2.34. The summed E-state index contributed by atoms with van der Waals surface area (Å²) in [6.45, 7) is 5.50. The van der Waals surface area contributed by atoms with Crippen molar-refractivity contribution in [2.24, 2.45) is 11.7 Å². The molecule has 1 aromatic rings. The van der Waals surface area contributed by atoms with Crippen LogP contribution >= 0.6 is 0 Å². The molecule has 1 rings (SSSR count). The van der Waals surface area contributed by atoms with Gasteiger partial charge in [-0.1, -0.05) is 6.92 Å². The molecule has 3 N–H and O–H groups in total. The van der Waals surface area contributed by atoms with Crippen LogP contribution in [-0.4, -0.2) is 29.1 Å². The Morgan fingerprint density at radius 1 is 1.67 bits per heavy atom. The zero-order valence-corrected chi connectivity index (χ0v) is 9.14. The molecule has 0 fully saturated rings. The van der Waals surface area contributed by atoms with Gasteiger partial charge in [-0.25, -0.2) is 0 Å². The molecular weight excluding hydrogens is 190 g/mol. The van der Waals surface area contributed by atoms with Gasteiger partial charge in [0.15, 0.2) is 5.82 Å². The summed E-state index contributed by atoms with van der Waals surface area (Å²) in [6.07, 6.45) is 1.64. The van der Waals surface area contributed by atoms with Crippen molar-refractivity contribution in [1.29, 1.82) is 5.41 Å². The van der Waals surface area contributed by atoms with Crippen LogP contribution in [0.15, 0.2) is 18.3 Å². The highest BCUT2D eigenvalue weighted by atomic mass is 15.3. The number of nitrogens with zero attached hydrogens (tertiary/aromatic N) is 3. The number of nitrogens with one attached hydrogen (secondary N) is 1. The average molecular weight is 207 g/mol. The third-order valence-electron chi connectivity index (χ3n) is 2.29. The fourth-order valence-electron chi connectivity index (χ4n) is 1.28. The van der Waals surface area contributed by atoms with Gasteiger partial charge in [0, 0.05) is 25.2 Å². The highest BCUT2D eigenvalue weighted by Crippen LogP contribution is 2.10. The van der Waals surface area contributed by atoms with Crippen molar-refractivity contribution in [3.8, 4) is 0 Å². The van der Waals surface area contributed by atoms with Gasteiger partial charge in [-0.05, 0) is 19.1 Å². The molecule has 5 nitrogen and oxygen atoms in total. The molecular formula is C10H17N5. The van der Waals surface area contributed by atoms with Gasteiger partial charge < -0.3 is 10.6 Å². The smallest absolute Gasteiger partial charge is 0.151 e. The van der Waals surface area contributed by atoms with E-state index in [4.69, 9.17) is 11.1 Å². The molecule has 0 spiro atoms. The van der Waals surface area contributed by atoms with Crippen LogP contribution in [0.1, 0.15) is 13.8 Å². The first-order valence-electron chi connectivity index (χ1n) is 5.01. The molecule has 0 aliphatic heterocycles. The molecule has 1 unspecified atom stereocenters. The lowest BCUT2D eigenvalue weighted by atomic mass is 10.1. The first-order valence-corrected chi connectivity index (χ1v) is 5.01. The summed E-state index contributed by atoms with van der Waals surface area (Å²) in [4.78, 5) is 2.05. The summed E-state index contributed by atoms with van der Waals surface area (Å²) in [6, 6.07) is 3.76. The van der Waals surface area contributed by atoms with Crippen molar-refractivity contribution in [1.82, 2.24) is 10.2 Å². The third kappa shape index (κ3) is 3.19. The van der Waals surface area contributed by atoms with Gasteiger partial charge in [-0.15, -0.1) is 5.10 Å². The summed E-state index contributed by atoms with van der Waals surface area (Å²) in [5, 5.41) is 15.2. The van der Waals surface area contributed by atoms with Crippen LogP contribution in [-0.2, 0) is 0 Å². The van der Waals surface area contributed by atoms with Crippen molar-refractivity contribution in [3.63, 3.8) is 0 Å². The molecule has 0 amide bonds. The van der Waals surface area contributed by atoms with E-state index in [1.165, 1.54) is 0 Å². The monoisotopic (exact) mass is 207 g/mol. The lowest BCUT2D eigenvalue weighted by molar-refractivity contribution is 0.685. The summed E-state index contributed by atoms with van der Waals surface area (Å²) >= 11 is 0. The minimum Gasteiger partial charge on any atom is -0.387 e. The van der Waals surface area contributed by atoms with Crippen LogP contribution in [0.2, 0.25) is 0 Å². The zero-order chi connectivity index (χ0) is 11.3. The molecule has 0 aromatic carbocycles. The van der Waals surface area contributed by atoms with Crippen LogP contribution in [0.3, 0.4) is 0 Å². The summed E-state index contributed by atoms with van der Waals surface area (Å²) < 4.78 is 0. The third-order valence-corrected chi connectivity index (χ3v) is 2.29. The number of amidine groups is 1. The highest BCUT2D eigenvalue weighted by molar-refractivity contribution is 5.79. The Morgan fingerprint density at radius 3 is 2.87 bits per heavy atom. The zero-order valence-electron chi connectivity index (χ0n) is 9.14. The molecule has 1 atom stereocenters. The van der Waals surface area contributed by atoms with Crippen molar-refractivity contribution < 1.29 is 0 Å². The van der Waals surface area contributed by atoms with E-state index in [2.05, 4.69) is 15.1 Å². The second kappa shape index (κ2) is 5.29. The Bertz CT molecular complexity index is 311. The van der Waals surface area contributed by atoms with E-state index in [-0.39, 0.29) is 11.8 Å². The minimum atomic E-state index is 0.0342. The molecule has 82 valence electrons. The summed E-state index contributed by atoms with van der Waals surface area (Å²) in [5.74, 6) is 1.07. The van der Waals surface area contributed by atoms with Gasteiger partial charge in [-0.2, -0.15) is 5.10 Å². The van der Waals surface area contributed by atoms with Crippen LogP contribution < -0.4 is 10.6 Å². The molecule has 0 radical (unpaired) electrons. The van der Waals surface area contributed by atoms with E-state index >= 15 is 0 Å². The second-order valence-corrected chi connectivity index (χ2v) is 3.48. The Labute approximate surface area is 89.8 Å². The Morgan fingerprint density at radius 2 is 2.40 bits per heavy atom. The maximum atomic E-state index is 7.35. The number of anilines is 1. The number of aromatic nitrogens is 2. The molecule has 0 bridgehead atoms. The van der Waals surface area contributed by atoms with Gasteiger partial charge in [0.25, 0.3) is 0 Å². The van der Waals surface area contributed by atoms with E-state index in [0.29, 0.717) is 6.54 Å². The number of hydrogen-bond acceptors (Lipinski definition) is 4. The van der Waals surface area contributed by atoms with Gasteiger partial charge in [-0.3, -0.25) is 5.41 Å². The molecule has 5 heteroatoms. The molecule has 15 heavy (non-hydrogen) atoms. The Kier molecular flexibility index (Phi) is 4.03. The molecule has 0 saturated carbocycles. The molecule has 0 saturated heterocycles. The van der Waals surface area contributed by atoms with E-state index in [1.807, 2.05) is 26.0 Å². The molecule has 0 aliphatic rings. The van der Waals surface area contributed by atoms with E-state index in [1.54, 1.807) is 6.20 Å². The minimum absolute atomic E-state index is 0.0342. The van der Waals surface area contributed by atoms with Crippen LogP contribution in [0, 0.1) is 11.3 Å². The van der Waals surface area contributed by atoms with Crippen LogP contribution in [0.4, 0.5) is 5.82 Å². The highest BCUT2D eigenvalue weighted by Gasteiger charge is 2.12. The predicted octanol–water partition coefficient (Wildman–Crippen LogP) is 0.875. The lowest BCUT2D eigenvalue weighted by Gasteiger charge is -2.24. The molecule has 1 heterocycles. The maximum absolute atomic E-state index is 7.35. The topological polar surface area (TPSA) is 78.9 Å². The number of rotatable bonds is 5. The van der Waals surface area contributed by atoms with Crippen LogP contribution in [0.25, 0.3) is 0 Å². The van der Waals surface area contributed by atoms with Crippen molar-refractivity contribution in [2.75, 3.05) is 18.0 Å². The number of nitrogens with two attached hydrogens (primary N) is 1. The fourth-order valence-corrected chi connectivity index (χ4v) is 1.28. The first-order chi connectivity index (χ1) is 7.15. The standard InChI is InChI=1S/C10H17N5/c1-3-15(7-8(2)10(11)12)9-5-4-6-13-14-9/h4-6,8H,3,7H2,1-2H3,(H3,11,12). The van der Waals surface area contributed by atoms with Crippen molar-refractivity contribution in [2.45, 2.75) is 13.8 Å². The van der Waals surface area contributed by atoms with Gasteiger partial charge in [0.2, 0.25) is 0 Å². The van der Waals surface area contributed by atoms with Gasteiger partial charge >= 0.3 is 0 Å². The van der Waals surface area contributed by atoms with Crippen molar-refractivity contribution >= 4 is 11.7 Å².